The van der Waals surface area contributed by atoms with Crippen LogP contribution in [0.15, 0.2) is 17.2 Å². The van der Waals surface area contributed by atoms with E-state index in [4.69, 9.17) is 5.14 Å². The Morgan fingerprint density at radius 3 is 2.46 bits per heavy atom. The van der Waals surface area contributed by atoms with Crippen LogP contribution < -0.4 is 5.14 Å². The highest BCUT2D eigenvalue weighted by atomic mass is 32.2. The van der Waals surface area contributed by atoms with Gasteiger partial charge < -0.3 is 0 Å². The monoisotopic (exact) mass is 200 g/mol. The lowest BCUT2D eigenvalue weighted by atomic mass is 10.2. The van der Waals surface area contributed by atoms with Crippen LogP contribution in [0.3, 0.4) is 0 Å². The maximum atomic E-state index is 10.9. The van der Waals surface area contributed by atoms with Gasteiger partial charge in [-0.1, -0.05) is 13.0 Å². The summed E-state index contributed by atoms with van der Waals surface area (Å²) in [7, 11) is -3.66. The fraction of sp³-hybridized carbons (Fsp3) is 0.375. The smallest absolute Gasteiger partial charge is 0.240 e. The molecule has 72 valence electrons. The van der Waals surface area contributed by atoms with E-state index < -0.39 is 10.0 Å². The Morgan fingerprint density at radius 2 is 2.08 bits per heavy atom. The molecule has 1 aromatic rings. The van der Waals surface area contributed by atoms with Gasteiger partial charge in [0.1, 0.15) is 0 Å². The minimum absolute atomic E-state index is 0.0674. The molecule has 0 radical (unpaired) electrons. The first kappa shape index (κ1) is 10.1. The fourth-order valence-corrected chi connectivity index (χ4v) is 1.62. The fourth-order valence-electron chi connectivity index (χ4n) is 1.10. The minimum atomic E-state index is -3.66. The molecule has 0 bridgehead atoms. The van der Waals surface area contributed by atoms with Crippen LogP contribution in [0.4, 0.5) is 0 Å². The normalized spacial score (nSPS) is 11.6. The third-order valence-electron chi connectivity index (χ3n) is 1.84. The second-order valence-corrected chi connectivity index (χ2v) is 4.30. The predicted molar refractivity (Wildman–Crippen MR) is 49.7 cm³/mol. The van der Waals surface area contributed by atoms with Gasteiger partial charge in [0.2, 0.25) is 0 Å². The molecule has 5 heteroatoms. The van der Waals surface area contributed by atoms with E-state index in [0.717, 1.165) is 12.0 Å². The Labute approximate surface area is 77.8 Å². The van der Waals surface area contributed by atoms with Crippen molar-refractivity contribution in [2.75, 3.05) is 0 Å². The first-order chi connectivity index (χ1) is 5.95. The summed E-state index contributed by atoms with van der Waals surface area (Å²) in [4.78, 5) is 3.90. The molecule has 0 spiro atoms. The first-order valence-corrected chi connectivity index (χ1v) is 5.49. The quantitative estimate of drug-likeness (QED) is 0.759. The first-order valence-electron chi connectivity index (χ1n) is 3.94. The van der Waals surface area contributed by atoms with E-state index in [9.17, 15) is 8.42 Å². The van der Waals surface area contributed by atoms with Crippen molar-refractivity contribution in [2.24, 2.45) is 5.14 Å². The van der Waals surface area contributed by atoms with E-state index in [1.807, 2.05) is 6.92 Å². The lowest BCUT2D eigenvalue weighted by Gasteiger charge is -2.03. The minimum Gasteiger partial charge on any atom is -0.240 e. The van der Waals surface area contributed by atoms with Crippen molar-refractivity contribution < 1.29 is 8.42 Å². The number of pyridine rings is 1. The highest BCUT2D eigenvalue weighted by Gasteiger charge is 2.10. The van der Waals surface area contributed by atoms with E-state index in [1.165, 1.54) is 6.07 Å². The van der Waals surface area contributed by atoms with Crippen molar-refractivity contribution in [3.05, 3.63) is 23.4 Å². The lowest BCUT2D eigenvalue weighted by Crippen LogP contribution is -2.14. The molecule has 1 heterocycles. The van der Waals surface area contributed by atoms with Gasteiger partial charge in [-0.15, -0.1) is 0 Å². The van der Waals surface area contributed by atoms with Crippen molar-refractivity contribution in [1.29, 1.82) is 0 Å². The van der Waals surface area contributed by atoms with E-state index in [1.54, 1.807) is 13.0 Å². The summed E-state index contributed by atoms with van der Waals surface area (Å²) < 4.78 is 21.8. The number of aryl methyl sites for hydroxylation is 2. The van der Waals surface area contributed by atoms with E-state index in [2.05, 4.69) is 4.98 Å². The van der Waals surface area contributed by atoms with Gasteiger partial charge in [0.15, 0.2) is 5.03 Å². The number of primary sulfonamides is 1. The molecule has 0 saturated carbocycles. The van der Waals surface area contributed by atoms with Crippen molar-refractivity contribution in [3.8, 4) is 0 Å². The van der Waals surface area contributed by atoms with Crippen LogP contribution >= 0.6 is 0 Å². The summed E-state index contributed by atoms with van der Waals surface area (Å²) in [5.41, 5.74) is 1.75. The van der Waals surface area contributed by atoms with Gasteiger partial charge in [-0.25, -0.2) is 18.5 Å². The predicted octanol–water partition coefficient (Wildman–Crippen LogP) is 0.600. The van der Waals surface area contributed by atoms with Crippen molar-refractivity contribution >= 4 is 10.0 Å². The zero-order valence-corrected chi connectivity index (χ0v) is 8.43. The van der Waals surface area contributed by atoms with Gasteiger partial charge in [-0.05, 0) is 25.0 Å². The van der Waals surface area contributed by atoms with E-state index in [-0.39, 0.29) is 5.03 Å². The number of hydrogen-bond donors (Lipinski definition) is 1. The number of rotatable bonds is 2. The summed E-state index contributed by atoms with van der Waals surface area (Å²) >= 11 is 0. The molecule has 0 aliphatic rings. The number of nitrogens with two attached hydrogens (primary N) is 1. The van der Waals surface area contributed by atoms with Crippen LogP contribution in [0.2, 0.25) is 0 Å². The van der Waals surface area contributed by atoms with Gasteiger partial charge in [0, 0.05) is 5.69 Å². The summed E-state index contributed by atoms with van der Waals surface area (Å²) in [6, 6.07) is 3.17. The van der Waals surface area contributed by atoms with Gasteiger partial charge in [0.25, 0.3) is 10.0 Å². The standard InChI is InChI=1S/C8H12N2O2S/c1-3-7-4-5-8(10-6(7)2)13(9,11)12/h4-5H,3H2,1-2H3,(H2,9,11,12). The maximum Gasteiger partial charge on any atom is 0.255 e. The molecule has 4 nitrogen and oxygen atoms in total. The Morgan fingerprint density at radius 1 is 1.46 bits per heavy atom. The SMILES string of the molecule is CCc1ccc(S(N)(=O)=O)nc1C. The molecular formula is C8H12N2O2S. The summed E-state index contributed by atoms with van der Waals surface area (Å²) in [6.45, 7) is 3.76. The second kappa shape index (κ2) is 3.43. The van der Waals surface area contributed by atoms with Crippen LogP contribution in [-0.4, -0.2) is 13.4 Å². The average molecular weight is 200 g/mol. The third-order valence-corrected chi connectivity index (χ3v) is 2.65. The van der Waals surface area contributed by atoms with Crippen LogP contribution in [0.25, 0.3) is 0 Å². The molecule has 1 aromatic heterocycles. The Bertz CT molecular complexity index is 412. The topological polar surface area (TPSA) is 73.1 Å². The van der Waals surface area contributed by atoms with Gasteiger partial charge in [-0.3, -0.25) is 0 Å². The zero-order chi connectivity index (χ0) is 10.1. The molecular weight excluding hydrogens is 188 g/mol. The molecule has 0 aromatic carbocycles. The summed E-state index contributed by atoms with van der Waals surface area (Å²) in [5, 5.41) is 4.86. The highest BCUT2D eigenvalue weighted by molar-refractivity contribution is 7.89. The molecule has 13 heavy (non-hydrogen) atoms. The molecule has 0 aliphatic carbocycles. The number of sulfonamides is 1. The zero-order valence-electron chi connectivity index (χ0n) is 7.61. The summed E-state index contributed by atoms with van der Waals surface area (Å²) in [6.07, 6.45) is 0.837. The number of aromatic nitrogens is 1. The molecule has 0 atom stereocenters. The molecule has 0 amide bonds. The van der Waals surface area contributed by atoms with Crippen molar-refractivity contribution in [1.82, 2.24) is 4.98 Å². The molecule has 0 fully saturated rings. The van der Waals surface area contributed by atoms with Crippen molar-refractivity contribution in [3.63, 3.8) is 0 Å². The third kappa shape index (κ3) is 2.26. The maximum absolute atomic E-state index is 10.9. The van der Waals surface area contributed by atoms with Crippen LogP contribution in [0.1, 0.15) is 18.2 Å². The highest BCUT2D eigenvalue weighted by Crippen LogP contribution is 2.09. The van der Waals surface area contributed by atoms with E-state index in [0.29, 0.717) is 5.69 Å². The largest absolute Gasteiger partial charge is 0.255 e. The molecule has 0 saturated heterocycles. The molecule has 1 rings (SSSR count). The molecule has 0 unspecified atom stereocenters. The van der Waals surface area contributed by atoms with Gasteiger partial charge >= 0.3 is 0 Å². The van der Waals surface area contributed by atoms with Gasteiger partial charge in [0.05, 0.1) is 0 Å². The van der Waals surface area contributed by atoms with Crippen LogP contribution in [-0.2, 0) is 16.4 Å². The molecule has 0 aliphatic heterocycles. The van der Waals surface area contributed by atoms with Gasteiger partial charge in [-0.2, -0.15) is 0 Å². The van der Waals surface area contributed by atoms with Crippen LogP contribution in [0.5, 0.6) is 0 Å². The van der Waals surface area contributed by atoms with Crippen LogP contribution in [0, 0.1) is 6.92 Å². The van der Waals surface area contributed by atoms with E-state index >= 15 is 0 Å². The summed E-state index contributed by atoms with van der Waals surface area (Å²) in [5.74, 6) is 0. The Hall–Kier alpha value is -0.940. The molecule has 2 N–H and O–H groups in total. The second-order valence-electron chi connectivity index (χ2n) is 2.79. The average Bonchev–Trinajstić information content (AvgIpc) is 2.02. The Balaban J connectivity index is 3.26. The number of hydrogen-bond acceptors (Lipinski definition) is 3. The lowest BCUT2D eigenvalue weighted by molar-refractivity contribution is 0.593. The number of nitrogens with zero attached hydrogens (tertiary/aromatic N) is 1. The Kier molecular flexibility index (Phi) is 2.68. The van der Waals surface area contributed by atoms with Crippen molar-refractivity contribution in [2.45, 2.75) is 25.3 Å².